The Kier molecular flexibility index (Phi) is 3.66. The molecule has 0 aliphatic carbocycles. The zero-order chi connectivity index (χ0) is 13.4. The molecule has 0 saturated heterocycles. The van der Waals surface area contributed by atoms with Gasteiger partial charge < -0.3 is 5.73 Å². The van der Waals surface area contributed by atoms with E-state index in [9.17, 15) is 8.78 Å². The van der Waals surface area contributed by atoms with E-state index in [-0.39, 0.29) is 26.6 Å². The SMILES string of the molecule is Nc1ccnn1-c1c(Cl)cc(C(F)F)c(Cl)c1Cl. The van der Waals surface area contributed by atoms with Crippen LogP contribution in [0.1, 0.15) is 12.0 Å². The molecule has 1 aromatic heterocycles. The predicted molar refractivity (Wildman–Crippen MR) is 68.0 cm³/mol. The van der Waals surface area contributed by atoms with Crippen molar-refractivity contribution in [1.29, 1.82) is 0 Å². The Morgan fingerprint density at radius 2 is 1.89 bits per heavy atom. The molecule has 0 fully saturated rings. The Hall–Kier alpha value is -1.04. The van der Waals surface area contributed by atoms with Gasteiger partial charge in [0.1, 0.15) is 11.5 Å². The van der Waals surface area contributed by atoms with Gasteiger partial charge in [-0.05, 0) is 6.07 Å². The summed E-state index contributed by atoms with van der Waals surface area (Å²) in [4.78, 5) is 0. The highest BCUT2D eigenvalue weighted by Gasteiger charge is 2.22. The number of nitrogens with zero attached hydrogens (tertiary/aromatic N) is 2. The number of hydrogen-bond acceptors (Lipinski definition) is 2. The van der Waals surface area contributed by atoms with Gasteiger partial charge in [-0.25, -0.2) is 13.5 Å². The summed E-state index contributed by atoms with van der Waals surface area (Å²) in [5.74, 6) is 0.264. The third-order valence-electron chi connectivity index (χ3n) is 2.28. The Bertz CT molecular complexity index is 598. The molecule has 0 atom stereocenters. The first-order valence-corrected chi connectivity index (χ1v) is 5.82. The second kappa shape index (κ2) is 4.91. The fourth-order valence-corrected chi connectivity index (χ4v) is 2.32. The van der Waals surface area contributed by atoms with Gasteiger partial charge in [0.25, 0.3) is 6.43 Å². The highest BCUT2D eigenvalue weighted by molar-refractivity contribution is 6.45. The van der Waals surface area contributed by atoms with Crippen molar-refractivity contribution in [2.45, 2.75) is 6.43 Å². The fraction of sp³-hybridized carbons (Fsp3) is 0.100. The minimum Gasteiger partial charge on any atom is -0.384 e. The van der Waals surface area contributed by atoms with Gasteiger partial charge in [-0.15, -0.1) is 0 Å². The zero-order valence-electron chi connectivity index (χ0n) is 8.67. The Balaban J connectivity index is 2.71. The second-order valence-corrected chi connectivity index (χ2v) is 4.56. The van der Waals surface area contributed by atoms with Crippen molar-refractivity contribution in [3.05, 3.63) is 39.0 Å². The summed E-state index contributed by atoms with van der Waals surface area (Å²) in [5.41, 5.74) is 5.40. The van der Waals surface area contributed by atoms with Gasteiger partial charge in [0.15, 0.2) is 0 Å². The van der Waals surface area contributed by atoms with Crippen LogP contribution >= 0.6 is 34.8 Å². The predicted octanol–water partition coefficient (Wildman–Crippen LogP) is 4.35. The number of halogens is 5. The van der Waals surface area contributed by atoms with Crippen molar-refractivity contribution in [3.8, 4) is 5.69 Å². The summed E-state index contributed by atoms with van der Waals surface area (Å²) in [6.07, 6.45) is -1.34. The maximum atomic E-state index is 12.7. The van der Waals surface area contributed by atoms with E-state index >= 15 is 0 Å². The van der Waals surface area contributed by atoms with Gasteiger partial charge in [0.05, 0.1) is 21.3 Å². The highest BCUT2D eigenvalue weighted by Crippen LogP contribution is 2.41. The summed E-state index contributed by atoms with van der Waals surface area (Å²) < 4.78 is 26.6. The third-order valence-corrected chi connectivity index (χ3v) is 3.44. The molecule has 0 bridgehead atoms. The van der Waals surface area contributed by atoms with Crippen molar-refractivity contribution in [3.63, 3.8) is 0 Å². The molecular formula is C10H6Cl3F2N3. The summed E-state index contributed by atoms with van der Waals surface area (Å²) >= 11 is 17.6. The van der Waals surface area contributed by atoms with E-state index in [2.05, 4.69) is 5.10 Å². The zero-order valence-corrected chi connectivity index (χ0v) is 10.9. The van der Waals surface area contributed by atoms with Gasteiger partial charge >= 0.3 is 0 Å². The Morgan fingerprint density at radius 1 is 1.22 bits per heavy atom. The maximum absolute atomic E-state index is 12.7. The van der Waals surface area contributed by atoms with E-state index in [1.807, 2.05) is 0 Å². The van der Waals surface area contributed by atoms with Crippen LogP contribution in [-0.2, 0) is 0 Å². The van der Waals surface area contributed by atoms with E-state index in [1.165, 1.54) is 16.9 Å². The molecule has 0 unspecified atom stereocenters. The van der Waals surface area contributed by atoms with E-state index in [4.69, 9.17) is 40.5 Å². The van der Waals surface area contributed by atoms with Crippen LogP contribution in [0.15, 0.2) is 18.3 Å². The molecule has 2 rings (SSSR count). The van der Waals surface area contributed by atoms with Crippen LogP contribution in [0.2, 0.25) is 15.1 Å². The Morgan fingerprint density at radius 3 is 2.39 bits per heavy atom. The first-order chi connectivity index (χ1) is 8.43. The lowest BCUT2D eigenvalue weighted by atomic mass is 10.2. The quantitative estimate of drug-likeness (QED) is 0.838. The third kappa shape index (κ3) is 2.13. The van der Waals surface area contributed by atoms with Crippen molar-refractivity contribution in [2.75, 3.05) is 5.73 Å². The molecule has 96 valence electrons. The van der Waals surface area contributed by atoms with Gasteiger partial charge in [0, 0.05) is 11.6 Å². The lowest BCUT2D eigenvalue weighted by Gasteiger charge is -2.13. The van der Waals surface area contributed by atoms with Crippen molar-refractivity contribution in [1.82, 2.24) is 9.78 Å². The van der Waals surface area contributed by atoms with Gasteiger partial charge in [-0.3, -0.25) is 0 Å². The average molecular weight is 313 g/mol. The van der Waals surface area contributed by atoms with Crippen LogP contribution in [0.3, 0.4) is 0 Å². The van der Waals surface area contributed by atoms with Crippen molar-refractivity contribution < 1.29 is 8.78 Å². The number of nitrogen functional groups attached to an aromatic ring is 1. The first kappa shape index (κ1) is 13.4. The van der Waals surface area contributed by atoms with Crippen LogP contribution in [0.25, 0.3) is 5.69 Å². The molecule has 0 radical (unpaired) electrons. The normalized spacial score (nSPS) is 11.2. The fourth-order valence-electron chi connectivity index (χ4n) is 1.46. The van der Waals surface area contributed by atoms with Crippen molar-refractivity contribution in [2.24, 2.45) is 0 Å². The summed E-state index contributed by atoms with van der Waals surface area (Å²) in [6, 6.07) is 2.57. The largest absolute Gasteiger partial charge is 0.384 e. The van der Waals surface area contributed by atoms with E-state index < -0.39 is 12.0 Å². The molecule has 0 aliphatic rings. The maximum Gasteiger partial charge on any atom is 0.265 e. The highest BCUT2D eigenvalue weighted by atomic mass is 35.5. The monoisotopic (exact) mass is 311 g/mol. The molecule has 3 nitrogen and oxygen atoms in total. The van der Waals surface area contributed by atoms with Gasteiger partial charge in [-0.1, -0.05) is 34.8 Å². The van der Waals surface area contributed by atoms with Crippen LogP contribution in [0.4, 0.5) is 14.6 Å². The molecule has 0 spiro atoms. The smallest absolute Gasteiger partial charge is 0.265 e. The first-order valence-electron chi connectivity index (χ1n) is 4.69. The minimum absolute atomic E-state index is 0.00454. The topological polar surface area (TPSA) is 43.8 Å². The number of benzene rings is 1. The molecule has 0 aliphatic heterocycles. The molecular weight excluding hydrogens is 306 g/mol. The van der Waals surface area contributed by atoms with E-state index in [1.54, 1.807) is 0 Å². The Labute approximate surface area is 116 Å². The molecule has 0 saturated carbocycles. The summed E-state index contributed by atoms with van der Waals surface area (Å²) in [6.45, 7) is 0. The number of anilines is 1. The van der Waals surface area contributed by atoms with Gasteiger partial charge in [-0.2, -0.15) is 5.10 Å². The molecule has 18 heavy (non-hydrogen) atoms. The number of hydrogen-bond donors (Lipinski definition) is 1. The number of nitrogens with two attached hydrogens (primary N) is 1. The lowest BCUT2D eigenvalue weighted by Crippen LogP contribution is -2.04. The van der Waals surface area contributed by atoms with Gasteiger partial charge in [0.2, 0.25) is 0 Å². The van der Waals surface area contributed by atoms with Crippen LogP contribution in [0.5, 0.6) is 0 Å². The molecule has 0 amide bonds. The lowest BCUT2D eigenvalue weighted by molar-refractivity contribution is 0.151. The molecule has 2 aromatic rings. The molecule has 2 N–H and O–H groups in total. The standard InChI is InChI=1S/C10H6Cl3F2N3/c11-5-3-4(10(14)15)7(12)8(13)9(5)18-6(16)1-2-17-18/h1-3,10H,16H2. The molecule has 8 heteroatoms. The van der Waals surface area contributed by atoms with Crippen LogP contribution in [0, 0.1) is 0 Å². The second-order valence-electron chi connectivity index (χ2n) is 3.39. The number of alkyl halides is 2. The number of aromatic nitrogens is 2. The van der Waals surface area contributed by atoms with Crippen LogP contribution < -0.4 is 5.73 Å². The summed E-state index contributed by atoms with van der Waals surface area (Å²) in [7, 11) is 0. The molecule has 1 heterocycles. The van der Waals surface area contributed by atoms with Crippen LogP contribution in [-0.4, -0.2) is 9.78 Å². The molecule has 1 aromatic carbocycles. The van der Waals surface area contributed by atoms with E-state index in [0.717, 1.165) is 6.07 Å². The average Bonchev–Trinajstić information content (AvgIpc) is 2.70. The summed E-state index contributed by atoms with van der Waals surface area (Å²) in [5, 5.41) is 3.52. The van der Waals surface area contributed by atoms with Crippen molar-refractivity contribution >= 4 is 40.6 Å². The van der Waals surface area contributed by atoms with E-state index in [0.29, 0.717) is 0 Å². The minimum atomic E-state index is -2.77. The number of rotatable bonds is 2.